The molecule has 1 saturated heterocycles. The van der Waals surface area contributed by atoms with Crippen LogP contribution in [0.2, 0.25) is 0 Å². The van der Waals surface area contributed by atoms with E-state index in [4.69, 9.17) is 4.74 Å². The minimum absolute atomic E-state index is 0.180. The number of hydrogen-bond acceptors (Lipinski definition) is 3. The maximum Gasteiger partial charge on any atom is 0.416 e. The number of nitrogens with zero attached hydrogens (tertiary/aromatic N) is 1. The summed E-state index contributed by atoms with van der Waals surface area (Å²) in [6.45, 7) is 2.24. The molecule has 0 saturated carbocycles. The molecule has 1 aromatic carbocycles. The monoisotopic (exact) mass is 312 g/mol. The van der Waals surface area contributed by atoms with Crippen molar-refractivity contribution in [2.45, 2.75) is 31.5 Å². The molecule has 1 N–H and O–H groups in total. The zero-order valence-corrected chi connectivity index (χ0v) is 12.2. The Hall–Kier alpha value is -1.56. The Morgan fingerprint density at radius 1 is 1.18 bits per heavy atom. The van der Waals surface area contributed by atoms with Crippen molar-refractivity contribution in [3.8, 4) is 0 Å². The molecule has 0 bridgehead atoms. The maximum atomic E-state index is 13.1. The van der Waals surface area contributed by atoms with Gasteiger partial charge in [0.25, 0.3) is 0 Å². The quantitative estimate of drug-likeness (QED) is 0.926. The summed E-state index contributed by atoms with van der Waals surface area (Å²) in [4.78, 5) is 4.32. The van der Waals surface area contributed by atoms with Crippen LogP contribution in [-0.2, 0) is 10.9 Å². The molecule has 2 aliphatic heterocycles. The van der Waals surface area contributed by atoms with Gasteiger partial charge in [0.15, 0.2) is 5.90 Å². The van der Waals surface area contributed by atoms with Gasteiger partial charge in [-0.1, -0.05) is 18.2 Å². The number of piperidine rings is 1. The largest absolute Gasteiger partial charge is 0.471 e. The molecule has 1 aromatic rings. The first-order valence-electron chi connectivity index (χ1n) is 7.61. The second-order valence-electron chi connectivity index (χ2n) is 5.82. The Morgan fingerprint density at radius 2 is 1.91 bits per heavy atom. The summed E-state index contributed by atoms with van der Waals surface area (Å²) in [5.41, 5.74) is -0.447. The average molecular weight is 312 g/mol. The van der Waals surface area contributed by atoms with Crippen LogP contribution in [0.5, 0.6) is 0 Å². The van der Waals surface area contributed by atoms with Gasteiger partial charge in [0.2, 0.25) is 0 Å². The van der Waals surface area contributed by atoms with Crippen LogP contribution in [0.25, 0.3) is 0 Å². The van der Waals surface area contributed by atoms with E-state index >= 15 is 0 Å². The SMILES string of the molecule is FC(F)(F)c1ccccc1C1CN=C(CC2CCNCC2)O1. The van der Waals surface area contributed by atoms with Crippen LogP contribution >= 0.6 is 0 Å². The molecule has 0 aliphatic carbocycles. The van der Waals surface area contributed by atoms with E-state index in [2.05, 4.69) is 10.3 Å². The Balaban J connectivity index is 1.67. The summed E-state index contributed by atoms with van der Waals surface area (Å²) in [6.07, 6.45) is -2.13. The van der Waals surface area contributed by atoms with Crippen molar-refractivity contribution in [3.63, 3.8) is 0 Å². The summed E-state index contributed by atoms with van der Waals surface area (Å²) in [5, 5.41) is 3.29. The molecule has 0 amide bonds. The maximum absolute atomic E-state index is 13.1. The van der Waals surface area contributed by atoms with E-state index in [1.807, 2.05) is 0 Å². The molecule has 2 heterocycles. The lowest BCUT2D eigenvalue weighted by atomic mass is 9.95. The van der Waals surface area contributed by atoms with Crippen LogP contribution in [0.4, 0.5) is 13.2 Å². The fraction of sp³-hybridized carbons (Fsp3) is 0.562. The molecule has 2 aliphatic rings. The van der Waals surface area contributed by atoms with Crippen molar-refractivity contribution < 1.29 is 17.9 Å². The van der Waals surface area contributed by atoms with Crippen molar-refractivity contribution in [1.29, 1.82) is 0 Å². The first kappa shape index (κ1) is 15.3. The van der Waals surface area contributed by atoms with Gasteiger partial charge < -0.3 is 10.1 Å². The Morgan fingerprint density at radius 3 is 2.64 bits per heavy atom. The van der Waals surface area contributed by atoms with Gasteiger partial charge in [-0.25, -0.2) is 0 Å². The van der Waals surface area contributed by atoms with Gasteiger partial charge in [0.1, 0.15) is 6.10 Å². The topological polar surface area (TPSA) is 33.6 Å². The fourth-order valence-electron chi connectivity index (χ4n) is 3.07. The predicted octanol–water partition coefficient (Wildman–Crippen LogP) is 3.56. The van der Waals surface area contributed by atoms with E-state index in [1.165, 1.54) is 12.1 Å². The first-order valence-corrected chi connectivity index (χ1v) is 7.61. The molecule has 0 radical (unpaired) electrons. The first-order chi connectivity index (χ1) is 10.5. The second kappa shape index (κ2) is 6.28. The van der Waals surface area contributed by atoms with E-state index in [1.54, 1.807) is 6.07 Å². The summed E-state index contributed by atoms with van der Waals surface area (Å²) in [6, 6.07) is 5.59. The molecule has 1 atom stereocenters. The molecule has 22 heavy (non-hydrogen) atoms. The van der Waals surface area contributed by atoms with Gasteiger partial charge >= 0.3 is 6.18 Å². The van der Waals surface area contributed by atoms with Crippen molar-refractivity contribution >= 4 is 5.90 Å². The van der Waals surface area contributed by atoms with Gasteiger partial charge in [-0.2, -0.15) is 13.2 Å². The molecule has 3 rings (SSSR count). The number of aliphatic imine (C=N–C) groups is 1. The van der Waals surface area contributed by atoms with Crippen molar-refractivity contribution in [2.75, 3.05) is 19.6 Å². The number of nitrogens with one attached hydrogen (secondary N) is 1. The average Bonchev–Trinajstić information content (AvgIpc) is 2.96. The number of alkyl halides is 3. The molecule has 120 valence electrons. The smallest absolute Gasteiger partial charge is 0.416 e. The van der Waals surface area contributed by atoms with Crippen LogP contribution in [0.15, 0.2) is 29.3 Å². The summed E-state index contributed by atoms with van der Waals surface area (Å²) < 4.78 is 44.9. The van der Waals surface area contributed by atoms with Gasteiger partial charge in [-0.15, -0.1) is 0 Å². The molecule has 1 fully saturated rings. The number of benzene rings is 1. The Bertz CT molecular complexity index is 551. The lowest BCUT2D eigenvalue weighted by molar-refractivity contribution is -0.139. The van der Waals surface area contributed by atoms with Gasteiger partial charge in [-0.05, 0) is 37.9 Å². The van der Waals surface area contributed by atoms with E-state index in [-0.39, 0.29) is 12.1 Å². The van der Waals surface area contributed by atoms with E-state index in [0.29, 0.717) is 11.8 Å². The number of rotatable bonds is 3. The third-order valence-electron chi connectivity index (χ3n) is 4.25. The van der Waals surface area contributed by atoms with Crippen LogP contribution in [0, 0.1) is 5.92 Å². The summed E-state index contributed by atoms with van der Waals surface area (Å²) >= 11 is 0. The standard InChI is InChI=1S/C16H19F3N2O/c17-16(18,19)13-4-2-1-3-12(13)14-10-21-15(22-14)9-11-5-7-20-8-6-11/h1-4,11,14,20H,5-10H2. The molecular weight excluding hydrogens is 293 g/mol. The Kier molecular flexibility index (Phi) is 4.38. The highest BCUT2D eigenvalue weighted by atomic mass is 19.4. The highest BCUT2D eigenvalue weighted by Gasteiger charge is 2.37. The van der Waals surface area contributed by atoms with Crippen LogP contribution < -0.4 is 5.32 Å². The van der Waals surface area contributed by atoms with Crippen LogP contribution in [0.3, 0.4) is 0 Å². The molecule has 1 unspecified atom stereocenters. The normalized spacial score (nSPS) is 23.2. The van der Waals surface area contributed by atoms with E-state index in [9.17, 15) is 13.2 Å². The fourth-order valence-corrected chi connectivity index (χ4v) is 3.07. The molecule has 0 spiro atoms. The number of ether oxygens (including phenoxy) is 1. The number of hydrogen-bond donors (Lipinski definition) is 1. The highest BCUT2D eigenvalue weighted by Crippen LogP contribution is 2.37. The summed E-state index contributed by atoms with van der Waals surface area (Å²) in [5.74, 6) is 1.12. The van der Waals surface area contributed by atoms with Crippen molar-refractivity contribution in [1.82, 2.24) is 5.32 Å². The zero-order valence-electron chi connectivity index (χ0n) is 12.2. The van der Waals surface area contributed by atoms with Crippen molar-refractivity contribution in [2.24, 2.45) is 10.9 Å². The van der Waals surface area contributed by atoms with Crippen molar-refractivity contribution in [3.05, 3.63) is 35.4 Å². The van der Waals surface area contributed by atoms with Crippen LogP contribution in [0.1, 0.15) is 36.5 Å². The lowest BCUT2D eigenvalue weighted by Gasteiger charge is -2.23. The molecule has 0 aromatic heterocycles. The Labute approximate surface area is 127 Å². The van der Waals surface area contributed by atoms with Gasteiger partial charge in [0, 0.05) is 12.0 Å². The van der Waals surface area contributed by atoms with Gasteiger partial charge in [0.05, 0.1) is 12.1 Å². The van der Waals surface area contributed by atoms with Crippen LogP contribution in [-0.4, -0.2) is 25.5 Å². The highest BCUT2D eigenvalue weighted by molar-refractivity contribution is 5.78. The predicted molar refractivity (Wildman–Crippen MR) is 77.8 cm³/mol. The van der Waals surface area contributed by atoms with Gasteiger partial charge in [-0.3, -0.25) is 4.99 Å². The number of halogens is 3. The van der Waals surface area contributed by atoms with E-state index in [0.717, 1.165) is 38.4 Å². The molecule has 6 heteroatoms. The second-order valence-corrected chi connectivity index (χ2v) is 5.82. The molecule has 3 nitrogen and oxygen atoms in total. The van der Waals surface area contributed by atoms with E-state index < -0.39 is 17.8 Å². The minimum Gasteiger partial charge on any atom is -0.471 e. The summed E-state index contributed by atoms with van der Waals surface area (Å²) in [7, 11) is 0. The zero-order chi connectivity index (χ0) is 15.6. The minimum atomic E-state index is -4.36. The third-order valence-corrected chi connectivity index (χ3v) is 4.25. The lowest BCUT2D eigenvalue weighted by Crippen LogP contribution is -2.29. The molecular formula is C16H19F3N2O. The third kappa shape index (κ3) is 3.43.